The largest absolute Gasteiger partial charge is 0.409 e. The van der Waals surface area contributed by atoms with Crippen LogP contribution >= 0.6 is 0 Å². The molecule has 1 aliphatic heterocycles. The minimum absolute atomic E-state index is 0.0348. The van der Waals surface area contributed by atoms with Crippen LogP contribution in [0.1, 0.15) is 57.2 Å². The van der Waals surface area contributed by atoms with Crippen molar-refractivity contribution >= 4 is 16.7 Å². The van der Waals surface area contributed by atoms with Crippen molar-refractivity contribution in [3.8, 4) is 0 Å². The van der Waals surface area contributed by atoms with Gasteiger partial charge in [-0.05, 0) is 48.6 Å². The number of unbranched alkanes of at least 4 members (excludes halogenated alkanes) is 1. The van der Waals surface area contributed by atoms with Crippen LogP contribution in [-0.4, -0.2) is 22.6 Å². The molecule has 0 aromatic heterocycles. The molecule has 1 unspecified atom stereocenters. The van der Waals surface area contributed by atoms with Gasteiger partial charge in [-0.15, -0.1) is 0 Å². The lowest BCUT2D eigenvalue weighted by Crippen LogP contribution is -2.51. The summed E-state index contributed by atoms with van der Waals surface area (Å²) < 4.78 is 42.7. The van der Waals surface area contributed by atoms with E-state index in [-0.39, 0.29) is 17.9 Å². The molecule has 146 valence electrons. The molecule has 3 nitrogen and oxygen atoms in total. The number of hydrogen-bond acceptors (Lipinski definition) is 2. The molecule has 2 aromatic carbocycles. The summed E-state index contributed by atoms with van der Waals surface area (Å²) in [5, 5.41) is 2.52. The van der Waals surface area contributed by atoms with E-state index in [4.69, 9.17) is 0 Å². The van der Waals surface area contributed by atoms with Crippen LogP contribution in [0.5, 0.6) is 0 Å². The van der Waals surface area contributed by atoms with Gasteiger partial charge in [0.05, 0.1) is 0 Å². The molecule has 0 bridgehead atoms. The van der Waals surface area contributed by atoms with E-state index in [2.05, 4.69) is 12.3 Å². The minimum Gasteiger partial charge on any atom is -0.287 e. The number of hydrazine groups is 1. The van der Waals surface area contributed by atoms with Crippen molar-refractivity contribution in [2.24, 2.45) is 0 Å². The highest BCUT2D eigenvalue weighted by molar-refractivity contribution is 5.89. The number of nitrogens with zero attached hydrogens (tertiary/aromatic N) is 1. The molecule has 1 aliphatic rings. The third-order valence-corrected chi connectivity index (χ3v) is 5.18. The highest BCUT2D eigenvalue weighted by Crippen LogP contribution is 2.45. The number of aryl methyl sites for hydroxylation is 1. The van der Waals surface area contributed by atoms with Crippen molar-refractivity contribution in [2.75, 3.05) is 0 Å². The number of hydrogen-bond donors (Lipinski definition) is 1. The van der Waals surface area contributed by atoms with Crippen LogP contribution < -0.4 is 5.43 Å². The summed E-state index contributed by atoms with van der Waals surface area (Å²) in [6.07, 6.45) is -1.88. The lowest BCUT2D eigenvalue weighted by atomic mass is 9.90. The van der Waals surface area contributed by atoms with Gasteiger partial charge in [0.15, 0.2) is 6.04 Å². The Balaban J connectivity index is 2.21. The fourth-order valence-corrected chi connectivity index (χ4v) is 3.93. The number of nitrogens with one attached hydrogen (secondary N) is 1. The Morgan fingerprint density at radius 3 is 2.41 bits per heavy atom. The molecule has 0 spiro atoms. The average Bonchev–Trinajstić information content (AvgIpc) is 2.84. The van der Waals surface area contributed by atoms with Gasteiger partial charge in [-0.1, -0.05) is 49.7 Å². The number of benzene rings is 2. The highest BCUT2D eigenvalue weighted by Gasteiger charge is 2.53. The molecule has 1 atom stereocenters. The van der Waals surface area contributed by atoms with E-state index in [1.54, 1.807) is 19.9 Å². The summed E-state index contributed by atoms with van der Waals surface area (Å²) in [6, 6.07) is 8.78. The highest BCUT2D eigenvalue weighted by atomic mass is 19.4. The number of rotatable bonds is 5. The second kappa shape index (κ2) is 7.15. The monoisotopic (exact) mass is 378 g/mol. The molecular formula is C21H25F3N2O. The normalized spacial score (nSPS) is 18.7. The van der Waals surface area contributed by atoms with E-state index in [0.717, 1.165) is 35.2 Å². The molecule has 1 amide bonds. The first-order chi connectivity index (χ1) is 12.6. The number of carbonyl (C=O) groups excluding carboxylic acids is 1. The Morgan fingerprint density at radius 2 is 1.85 bits per heavy atom. The average molecular weight is 378 g/mol. The zero-order valence-electron chi connectivity index (χ0n) is 15.9. The molecular weight excluding hydrogens is 353 g/mol. The fourth-order valence-electron chi connectivity index (χ4n) is 3.93. The third-order valence-electron chi connectivity index (χ3n) is 5.18. The molecule has 1 fully saturated rings. The van der Waals surface area contributed by atoms with E-state index in [9.17, 15) is 18.0 Å². The number of alkyl halides is 3. The first kappa shape index (κ1) is 19.7. The number of halogens is 3. The summed E-state index contributed by atoms with van der Waals surface area (Å²) in [7, 11) is 0. The lowest BCUT2D eigenvalue weighted by Gasteiger charge is -2.38. The van der Waals surface area contributed by atoms with E-state index >= 15 is 0 Å². The second-order valence-corrected chi connectivity index (χ2v) is 7.80. The van der Waals surface area contributed by atoms with Crippen LogP contribution in [0.25, 0.3) is 10.8 Å². The standard InChI is InChI=1S/C21H25F3N2O/c1-4-5-8-14-9-6-10-15-11-7-12-16(18(14)15)19(21(22,23)24)26-20(2,3)13-17(27)25-26/h6-7,9-12,19H,4-5,8,13H2,1-3H3,(H,25,27). The number of carbonyl (C=O) groups is 1. The predicted molar refractivity (Wildman–Crippen MR) is 100 cm³/mol. The van der Waals surface area contributed by atoms with Gasteiger partial charge in [-0.25, -0.2) is 0 Å². The van der Waals surface area contributed by atoms with Gasteiger partial charge in [0, 0.05) is 12.0 Å². The van der Waals surface area contributed by atoms with Crippen molar-refractivity contribution in [3.05, 3.63) is 47.5 Å². The number of amides is 1. The van der Waals surface area contributed by atoms with Gasteiger partial charge in [0.1, 0.15) is 0 Å². The molecule has 0 aliphatic carbocycles. The van der Waals surface area contributed by atoms with Gasteiger partial charge < -0.3 is 0 Å². The quantitative estimate of drug-likeness (QED) is 0.766. The summed E-state index contributed by atoms with van der Waals surface area (Å²) in [5.41, 5.74) is 2.63. The molecule has 6 heteroatoms. The van der Waals surface area contributed by atoms with Crippen molar-refractivity contribution in [1.29, 1.82) is 0 Å². The van der Waals surface area contributed by atoms with E-state index in [1.807, 2.05) is 24.3 Å². The van der Waals surface area contributed by atoms with E-state index in [0.29, 0.717) is 5.39 Å². The molecule has 1 heterocycles. The SMILES string of the molecule is CCCCc1cccc2cccc(C(N3NC(=O)CC3(C)C)C(F)(F)F)c12. The topological polar surface area (TPSA) is 32.3 Å². The maximum Gasteiger partial charge on any atom is 0.409 e. The van der Waals surface area contributed by atoms with Gasteiger partial charge >= 0.3 is 6.18 Å². The number of fused-ring (bicyclic) bond motifs is 1. The summed E-state index contributed by atoms with van der Waals surface area (Å²) in [4.78, 5) is 11.9. The summed E-state index contributed by atoms with van der Waals surface area (Å²) in [5.74, 6) is -0.388. The Bertz CT molecular complexity index is 840. The summed E-state index contributed by atoms with van der Waals surface area (Å²) >= 11 is 0. The lowest BCUT2D eigenvalue weighted by molar-refractivity contribution is -0.203. The Morgan fingerprint density at radius 1 is 1.19 bits per heavy atom. The summed E-state index contributed by atoms with van der Waals surface area (Å²) in [6.45, 7) is 5.38. The zero-order chi connectivity index (χ0) is 19.8. The van der Waals surface area contributed by atoms with Crippen molar-refractivity contribution in [1.82, 2.24) is 10.4 Å². The van der Waals surface area contributed by atoms with Gasteiger partial charge in [0.25, 0.3) is 0 Å². The van der Waals surface area contributed by atoms with Crippen LogP contribution in [0, 0.1) is 0 Å². The molecule has 1 saturated heterocycles. The maximum absolute atomic E-state index is 14.2. The van der Waals surface area contributed by atoms with Gasteiger partial charge in [-0.2, -0.15) is 18.2 Å². The first-order valence-electron chi connectivity index (χ1n) is 9.31. The predicted octanol–water partition coefficient (Wildman–Crippen LogP) is 5.30. The van der Waals surface area contributed by atoms with E-state index < -0.39 is 17.8 Å². The van der Waals surface area contributed by atoms with Crippen LogP contribution in [-0.2, 0) is 11.2 Å². The van der Waals surface area contributed by atoms with E-state index in [1.165, 1.54) is 6.07 Å². The zero-order valence-corrected chi connectivity index (χ0v) is 15.9. The van der Waals surface area contributed by atoms with Crippen molar-refractivity contribution < 1.29 is 18.0 Å². The Hall–Kier alpha value is -2.08. The Labute approximate surface area is 157 Å². The maximum atomic E-state index is 14.2. The minimum atomic E-state index is -4.53. The molecule has 27 heavy (non-hydrogen) atoms. The first-order valence-corrected chi connectivity index (χ1v) is 9.31. The molecule has 0 radical (unpaired) electrons. The Kier molecular flexibility index (Phi) is 5.21. The second-order valence-electron chi connectivity index (χ2n) is 7.80. The molecule has 3 rings (SSSR count). The van der Waals surface area contributed by atoms with Crippen molar-refractivity contribution in [3.63, 3.8) is 0 Å². The van der Waals surface area contributed by atoms with Crippen molar-refractivity contribution in [2.45, 2.75) is 64.2 Å². The third kappa shape index (κ3) is 3.81. The van der Waals surface area contributed by atoms with Gasteiger partial charge in [-0.3, -0.25) is 10.2 Å². The van der Waals surface area contributed by atoms with Crippen LogP contribution in [0.4, 0.5) is 13.2 Å². The van der Waals surface area contributed by atoms with Gasteiger partial charge in [0.2, 0.25) is 5.91 Å². The molecule has 2 aromatic rings. The molecule has 1 N–H and O–H groups in total. The smallest absolute Gasteiger partial charge is 0.287 e. The van der Waals surface area contributed by atoms with Crippen LogP contribution in [0.3, 0.4) is 0 Å². The fraction of sp³-hybridized carbons (Fsp3) is 0.476. The van der Waals surface area contributed by atoms with Crippen LogP contribution in [0.15, 0.2) is 36.4 Å². The van der Waals surface area contributed by atoms with Crippen LogP contribution in [0.2, 0.25) is 0 Å². The molecule has 0 saturated carbocycles.